The highest BCUT2D eigenvalue weighted by atomic mass is 35.5. The van der Waals surface area contributed by atoms with Crippen LogP contribution in [0.5, 0.6) is 5.75 Å². The Bertz CT molecular complexity index is 869. The summed E-state index contributed by atoms with van der Waals surface area (Å²) >= 11 is 0. The molecule has 1 atom stereocenters. The number of benzene rings is 2. The smallest absolute Gasteiger partial charge is 0.121 e. The molecule has 3 rings (SSSR count). The van der Waals surface area contributed by atoms with Crippen molar-refractivity contribution >= 4 is 29.0 Å². The maximum Gasteiger partial charge on any atom is 0.121 e. The lowest BCUT2D eigenvalue weighted by Crippen LogP contribution is -2.27. The molecule has 26 heavy (non-hydrogen) atoms. The molecule has 0 radical (unpaired) electrons. The number of aromatic nitrogens is 1. The van der Waals surface area contributed by atoms with Crippen LogP contribution in [0.4, 0.5) is 5.69 Å². The number of nitrogens with zero attached hydrogens (tertiary/aromatic N) is 1. The van der Waals surface area contributed by atoms with Crippen LogP contribution in [-0.2, 0) is 0 Å². The first-order valence-corrected chi connectivity index (χ1v) is 8.28. The number of nitrogens with two attached hydrogens (primary N) is 1. The first-order valence-electron chi connectivity index (χ1n) is 8.28. The minimum Gasteiger partial charge on any atom is -0.497 e. The molecular formula is C20H24ClN3O2. The van der Waals surface area contributed by atoms with Crippen molar-refractivity contribution in [1.82, 2.24) is 4.98 Å². The van der Waals surface area contributed by atoms with Crippen LogP contribution < -0.4 is 15.8 Å². The van der Waals surface area contributed by atoms with Gasteiger partial charge in [-0.25, -0.2) is 4.98 Å². The Morgan fingerprint density at radius 2 is 1.88 bits per heavy atom. The second kappa shape index (κ2) is 8.85. The van der Waals surface area contributed by atoms with E-state index in [4.69, 9.17) is 15.5 Å². The number of aliphatic hydroxyl groups is 1. The van der Waals surface area contributed by atoms with Crippen molar-refractivity contribution in [2.24, 2.45) is 5.73 Å². The number of ether oxygens (including phenoxy) is 1. The Kier molecular flexibility index (Phi) is 6.80. The lowest BCUT2D eigenvalue weighted by molar-refractivity contribution is 0.196. The Balaban J connectivity index is 0.00000243. The third-order valence-corrected chi connectivity index (χ3v) is 4.16. The molecule has 1 heterocycles. The molecule has 6 heteroatoms. The van der Waals surface area contributed by atoms with Gasteiger partial charge >= 0.3 is 0 Å². The van der Waals surface area contributed by atoms with Gasteiger partial charge in [0.2, 0.25) is 0 Å². The van der Waals surface area contributed by atoms with Crippen molar-refractivity contribution in [3.05, 3.63) is 54.1 Å². The first-order chi connectivity index (χ1) is 12.1. The van der Waals surface area contributed by atoms with E-state index < -0.39 is 6.10 Å². The number of nitrogens with one attached hydrogen (secondary N) is 1. The summed E-state index contributed by atoms with van der Waals surface area (Å²) in [5.74, 6) is 0.758. The number of aliphatic hydroxyl groups excluding tert-OH is 1. The van der Waals surface area contributed by atoms with Gasteiger partial charge in [0.25, 0.3) is 0 Å². The molecule has 0 bridgehead atoms. The van der Waals surface area contributed by atoms with Gasteiger partial charge in [0.05, 0.1) is 24.4 Å². The molecule has 0 saturated carbocycles. The number of hydrogen-bond acceptors (Lipinski definition) is 5. The van der Waals surface area contributed by atoms with Crippen LogP contribution in [0.1, 0.15) is 5.56 Å². The number of aryl methyl sites for hydroxylation is 1. The second-order valence-corrected chi connectivity index (χ2v) is 6.07. The van der Waals surface area contributed by atoms with Crippen LogP contribution in [0.2, 0.25) is 0 Å². The van der Waals surface area contributed by atoms with E-state index in [0.29, 0.717) is 6.54 Å². The average Bonchev–Trinajstić information content (AvgIpc) is 2.65. The fourth-order valence-corrected chi connectivity index (χ4v) is 2.66. The minimum absolute atomic E-state index is 0. The Labute approximate surface area is 159 Å². The van der Waals surface area contributed by atoms with E-state index in [1.54, 1.807) is 7.11 Å². The summed E-state index contributed by atoms with van der Waals surface area (Å²) < 4.78 is 5.32. The maximum absolute atomic E-state index is 9.77. The second-order valence-electron chi connectivity index (χ2n) is 6.07. The van der Waals surface area contributed by atoms with Crippen LogP contribution in [0.3, 0.4) is 0 Å². The van der Waals surface area contributed by atoms with E-state index in [-0.39, 0.29) is 19.0 Å². The van der Waals surface area contributed by atoms with E-state index >= 15 is 0 Å². The summed E-state index contributed by atoms with van der Waals surface area (Å²) in [7, 11) is 1.64. The monoisotopic (exact) mass is 373 g/mol. The van der Waals surface area contributed by atoms with Gasteiger partial charge in [-0.3, -0.25) is 0 Å². The molecule has 0 aliphatic heterocycles. The van der Waals surface area contributed by atoms with Crippen LogP contribution >= 0.6 is 12.4 Å². The predicted molar refractivity (Wildman–Crippen MR) is 109 cm³/mol. The van der Waals surface area contributed by atoms with Crippen molar-refractivity contribution < 1.29 is 9.84 Å². The molecule has 1 aromatic heterocycles. The summed E-state index contributed by atoms with van der Waals surface area (Å²) in [6, 6.07) is 16.0. The van der Waals surface area contributed by atoms with Crippen molar-refractivity contribution in [3.63, 3.8) is 0 Å². The molecule has 3 aromatic rings. The summed E-state index contributed by atoms with van der Waals surface area (Å²) in [6.45, 7) is 2.66. The molecule has 0 fully saturated rings. The van der Waals surface area contributed by atoms with Gasteiger partial charge in [-0.05, 0) is 25.1 Å². The number of halogens is 1. The fraction of sp³-hybridized carbons (Fsp3) is 0.250. The van der Waals surface area contributed by atoms with Gasteiger partial charge < -0.3 is 20.9 Å². The van der Waals surface area contributed by atoms with E-state index in [1.165, 1.54) is 5.56 Å². The largest absolute Gasteiger partial charge is 0.497 e. The molecule has 0 aliphatic rings. The van der Waals surface area contributed by atoms with E-state index in [1.807, 2.05) is 24.3 Å². The molecular weight excluding hydrogens is 350 g/mol. The third-order valence-electron chi connectivity index (χ3n) is 4.16. The van der Waals surface area contributed by atoms with E-state index in [9.17, 15) is 5.11 Å². The zero-order valence-electron chi connectivity index (χ0n) is 14.9. The Morgan fingerprint density at radius 3 is 2.54 bits per heavy atom. The highest BCUT2D eigenvalue weighted by molar-refractivity contribution is 5.94. The summed E-state index contributed by atoms with van der Waals surface area (Å²) in [4.78, 5) is 4.78. The van der Waals surface area contributed by atoms with Crippen molar-refractivity contribution in [1.29, 1.82) is 0 Å². The van der Waals surface area contributed by atoms with E-state index in [2.05, 4.69) is 36.5 Å². The van der Waals surface area contributed by atoms with Gasteiger partial charge in [0.15, 0.2) is 0 Å². The fourth-order valence-electron chi connectivity index (χ4n) is 2.66. The number of hydrogen-bond donors (Lipinski definition) is 3. The number of methoxy groups -OCH3 is 1. The number of pyridine rings is 1. The van der Waals surface area contributed by atoms with Crippen LogP contribution in [0.15, 0.2) is 48.5 Å². The molecule has 0 amide bonds. The van der Waals surface area contributed by atoms with Gasteiger partial charge in [0.1, 0.15) is 5.75 Å². The topological polar surface area (TPSA) is 80.4 Å². The normalized spacial score (nSPS) is 11.7. The highest BCUT2D eigenvalue weighted by Gasteiger charge is 2.10. The summed E-state index contributed by atoms with van der Waals surface area (Å²) in [5, 5.41) is 14.0. The van der Waals surface area contributed by atoms with Crippen molar-refractivity contribution in [2.45, 2.75) is 13.0 Å². The van der Waals surface area contributed by atoms with Crippen molar-refractivity contribution in [3.8, 4) is 17.0 Å². The maximum atomic E-state index is 9.77. The van der Waals surface area contributed by atoms with Crippen LogP contribution in [0, 0.1) is 6.92 Å². The molecule has 2 aromatic carbocycles. The summed E-state index contributed by atoms with van der Waals surface area (Å²) in [5.41, 5.74) is 10.4. The molecule has 0 aliphatic carbocycles. The minimum atomic E-state index is -0.593. The molecule has 5 nitrogen and oxygen atoms in total. The predicted octanol–water partition coefficient (Wildman–Crippen LogP) is 3.37. The number of rotatable bonds is 6. The van der Waals surface area contributed by atoms with Gasteiger partial charge in [-0.15, -0.1) is 12.4 Å². The summed E-state index contributed by atoms with van der Waals surface area (Å²) in [6.07, 6.45) is -0.593. The molecule has 4 N–H and O–H groups in total. The van der Waals surface area contributed by atoms with Crippen LogP contribution in [0.25, 0.3) is 22.2 Å². The lowest BCUT2D eigenvalue weighted by atomic mass is 10.1. The molecule has 138 valence electrons. The Morgan fingerprint density at radius 1 is 1.15 bits per heavy atom. The molecule has 0 spiro atoms. The number of fused-ring (bicyclic) bond motifs is 1. The lowest BCUT2D eigenvalue weighted by Gasteiger charge is -2.15. The third kappa shape index (κ3) is 4.43. The highest BCUT2D eigenvalue weighted by Crippen LogP contribution is 2.30. The molecule has 0 unspecified atom stereocenters. The van der Waals surface area contributed by atoms with Crippen LogP contribution in [-0.4, -0.2) is 36.4 Å². The average molecular weight is 374 g/mol. The zero-order valence-corrected chi connectivity index (χ0v) is 15.7. The van der Waals surface area contributed by atoms with Gasteiger partial charge in [-0.2, -0.15) is 0 Å². The number of anilines is 1. The van der Waals surface area contributed by atoms with Crippen molar-refractivity contribution in [2.75, 3.05) is 25.5 Å². The standard InChI is InChI=1S/C20H23N3O2.ClH/c1-13-3-5-14(6-4-13)18-10-19(22-12-15(24)11-21)17-8-7-16(25-2)9-20(17)23-18;/h3-10,15,24H,11-12,21H2,1-2H3,(H,22,23);1H/t15-;/m0./s1. The zero-order chi connectivity index (χ0) is 17.8. The molecule has 0 saturated heterocycles. The first kappa shape index (κ1) is 20.0. The van der Waals surface area contributed by atoms with Gasteiger partial charge in [-0.1, -0.05) is 29.8 Å². The van der Waals surface area contributed by atoms with E-state index in [0.717, 1.165) is 33.6 Å². The SMILES string of the molecule is COc1ccc2c(NC[C@@H](O)CN)cc(-c3ccc(C)cc3)nc2c1.Cl. The quantitative estimate of drug-likeness (QED) is 0.617. The van der Waals surface area contributed by atoms with Gasteiger partial charge in [0, 0.05) is 35.8 Å². The Hall–Kier alpha value is -2.34.